The minimum absolute atomic E-state index is 0.437. The molecule has 5 nitrogen and oxygen atoms in total. The summed E-state index contributed by atoms with van der Waals surface area (Å²) in [6.07, 6.45) is 1.74. The van der Waals surface area contributed by atoms with E-state index in [-0.39, 0.29) is 0 Å². The van der Waals surface area contributed by atoms with E-state index in [4.69, 9.17) is 10.2 Å². The number of pyridine rings is 1. The molecule has 96 valence electrons. The standard InChI is InChI=1S/C14H14N4O/c1-8-7-10(9(2)19-8)13-12(14(15)18-17-13)11-5-3-4-6-16-11/h3-7H,1-2H3,(H3,15,17,18). The number of aromatic amines is 1. The molecule has 0 saturated heterocycles. The zero-order valence-corrected chi connectivity index (χ0v) is 10.8. The molecule has 0 fully saturated rings. The van der Waals surface area contributed by atoms with Crippen molar-refractivity contribution in [1.29, 1.82) is 0 Å². The van der Waals surface area contributed by atoms with Crippen molar-refractivity contribution in [2.75, 3.05) is 5.73 Å². The molecule has 0 atom stereocenters. The van der Waals surface area contributed by atoms with E-state index < -0.39 is 0 Å². The quantitative estimate of drug-likeness (QED) is 0.736. The van der Waals surface area contributed by atoms with Crippen molar-refractivity contribution >= 4 is 5.82 Å². The van der Waals surface area contributed by atoms with E-state index in [1.165, 1.54) is 0 Å². The normalized spacial score (nSPS) is 10.8. The van der Waals surface area contributed by atoms with E-state index in [2.05, 4.69) is 15.2 Å². The maximum absolute atomic E-state index is 5.95. The largest absolute Gasteiger partial charge is 0.466 e. The van der Waals surface area contributed by atoms with E-state index in [1.807, 2.05) is 38.1 Å². The monoisotopic (exact) mass is 254 g/mol. The molecule has 0 unspecified atom stereocenters. The van der Waals surface area contributed by atoms with Gasteiger partial charge < -0.3 is 10.2 Å². The molecule has 0 radical (unpaired) electrons. The number of nitrogens with two attached hydrogens (primary N) is 1. The smallest absolute Gasteiger partial charge is 0.155 e. The molecule has 3 rings (SSSR count). The van der Waals surface area contributed by atoms with Gasteiger partial charge in [0.15, 0.2) is 5.82 Å². The summed E-state index contributed by atoms with van der Waals surface area (Å²) in [7, 11) is 0. The Morgan fingerprint density at radius 2 is 2.11 bits per heavy atom. The fraction of sp³-hybridized carbons (Fsp3) is 0.143. The Morgan fingerprint density at radius 1 is 1.26 bits per heavy atom. The number of aryl methyl sites for hydroxylation is 2. The second kappa shape index (κ2) is 4.28. The maximum Gasteiger partial charge on any atom is 0.155 e. The molecule has 0 amide bonds. The molecule has 0 aliphatic carbocycles. The number of anilines is 1. The van der Waals surface area contributed by atoms with Gasteiger partial charge in [0.25, 0.3) is 0 Å². The van der Waals surface area contributed by atoms with Gasteiger partial charge in [-0.1, -0.05) is 6.07 Å². The Balaban J connectivity index is 2.22. The van der Waals surface area contributed by atoms with E-state index in [9.17, 15) is 0 Å². The molecule has 0 spiro atoms. The molecule has 0 aliphatic rings. The van der Waals surface area contributed by atoms with Gasteiger partial charge >= 0.3 is 0 Å². The summed E-state index contributed by atoms with van der Waals surface area (Å²) < 4.78 is 5.56. The van der Waals surface area contributed by atoms with Crippen LogP contribution in [0.5, 0.6) is 0 Å². The highest BCUT2D eigenvalue weighted by Gasteiger charge is 2.19. The lowest BCUT2D eigenvalue weighted by molar-refractivity contribution is 0.505. The van der Waals surface area contributed by atoms with Crippen molar-refractivity contribution in [3.05, 3.63) is 42.0 Å². The van der Waals surface area contributed by atoms with Crippen LogP contribution in [-0.4, -0.2) is 15.2 Å². The number of H-pyrrole nitrogens is 1. The van der Waals surface area contributed by atoms with Gasteiger partial charge in [-0.25, -0.2) is 0 Å². The van der Waals surface area contributed by atoms with Crippen LogP contribution in [0.3, 0.4) is 0 Å². The first-order chi connectivity index (χ1) is 9.16. The second-order valence-electron chi connectivity index (χ2n) is 4.40. The molecular weight excluding hydrogens is 240 g/mol. The van der Waals surface area contributed by atoms with Crippen molar-refractivity contribution in [2.24, 2.45) is 0 Å². The van der Waals surface area contributed by atoms with Gasteiger partial charge in [0.05, 0.1) is 17.0 Å². The van der Waals surface area contributed by atoms with Crippen LogP contribution in [0.15, 0.2) is 34.9 Å². The van der Waals surface area contributed by atoms with Crippen LogP contribution in [0, 0.1) is 13.8 Å². The first kappa shape index (κ1) is 11.5. The SMILES string of the molecule is Cc1cc(-c2[nH]nc(N)c2-c2ccccn2)c(C)o1. The highest BCUT2D eigenvalue weighted by Crippen LogP contribution is 2.36. The van der Waals surface area contributed by atoms with Crippen molar-refractivity contribution in [3.63, 3.8) is 0 Å². The number of hydrogen-bond acceptors (Lipinski definition) is 4. The molecule has 0 aliphatic heterocycles. The van der Waals surface area contributed by atoms with Crippen LogP contribution in [-0.2, 0) is 0 Å². The number of hydrogen-bond donors (Lipinski definition) is 2. The minimum Gasteiger partial charge on any atom is -0.466 e. The van der Waals surface area contributed by atoms with Crippen molar-refractivity contribution in [1.82, 2.24) is 15.2 Å². The van der Waals surface area contributed by atoms with Gasteiger partial charge in [-0.2, -0.15) is 5.10 Å². The topological polar surface area (TPSA) is 80.7 Å². The Morgan fingerprint density at radius 3 is 2.74 bits per heavy atom. The van der Waals surface area contributed by atoms with Gasteiger partial charge in [0.1, 0.15) is 11.5 Å². The number of aromatic nitrogens is 3. The second-order valence-corrected chi connectivity index (χ2v) is 4.40. The maximum atomic E-state index is 5.95. The van der Waals surface area contributed by atoms with Crippen LogP contribution in [0.25, 0.3) is 22.5 Å². The summed E-state index contributed by atoms with van der Waals surface area (Å²) in [5, 5.41) is 7.06. The number of rotatable bonds is 2. The third-order valence-corrected chi connectivity index (χ3v) is 3.03. The fourth-order valence-electron chi connectivity index (χ4n) is 2.20. The molecular formula is C14H14N4O. The van der Waals surface area contributed by atoms with Crippen LogP contribution in [0.2, 0.25) is 0 Å². The average Bonchev–Trinajstić information content (AvgIpc) is 2.93. The molecule has 3 aromatic rings. The summed E-state index contributed by atoms with van der Waals surface area (Å²) in [6, 6.07) is 7.67. The molecule has 3 aromatic heterocycles. The molecule has 5 heteroatoms. The lowest BCUT2D eigenvalue weighted by atomic mass is 10.1. The van der Waals surface area contributed by atoms with Crippen molar-refractivity contribution in [3.8, 4) is 22.5 Å². The minimum atomic E-state index is 0.437. The Labute approximate surface area is 110 Å². The van der Waals surface area contributed by atoms with Gasteiger partial charge in [0, 0.05) is 11.8 Å². The summed E-state index contributed by atoms with van der Waals surface area (Å²) in [5.41, 5.74) is 9.36. The lowest BCUT2D eigenvalue weighted by Gasteiger charge is -2.02. The zero-order chi connectivity index (χ0) is 13.4. The van der Waals surface area contributed by atoms with Crippen molar-refractivity contribution in [2.45, 2.75) is 13.8 Å². The van der Waals surface area contributed by atoms with Gasteiger partial charge in [-0.15, -0.1) is 0 Å². The first-order valence-electron chi connectivity index (χ1n) is 5.99. The molecule has 0 saturated carbocycles. The van der Waals surface area contributed by atoms with Gasteiger partial charge in [-0.3, -0.25) is 10.1 Å². The van der Waals surface area contributed by atoms with E-state index in [1.54, 1.807) is 6.20 Å². The van der Waals surface area contributed by atoms with Crippen LogP contribution in [0.1, 0.15) is 11.5 Å². The van der Waals surface area contributed by atoms with E-state index in [0.717, 1.165) is 34.0 Å². The number of furan rings is 1. The Kier molecular flexibility index (Phi) is 2.59. The number of nitrogens with one attached hydrogen (secondary N) is 1. The third-order valence-electron chi connectivity index (χ3n) is 3.03. The number of nitrogens with zero attached hydrogens (tertiary/aromatic N) is 2. The number of nitrogen functional groups attached to an aromatic ring is 1. The molecule has 0 aromatic carbocycles. The van der Waals surface area contributed by atoms with Crippen molar-refractivity contribution < 1.29 is 4.42 Å². The third kappa shape index (κ3) is 1.89. The van der Waals surface area contributed by atoms with E-state index >= 15 is 0 Å². The Hall–Kier alpha value is -2.56. The van der Waals surface area contributed by atoms with E-state index in [0.29, 0.717) is 5.82 Å². The molecule has 19 heavy (non-hydrogen) atoms. The van der Waals surface area contributed by atoms with Gasteiger partial charge in [0.2, 0.25) is 0 Å². The summed E-state index contributed by atoms with van der Waals surface area (Å²) in [5.74, 6) is 2.12. The summed E-state index contributed by atoms with van der Waals surface area (Å²) >= 11 is 0. The Bertz CT molecular complexity index is 712. The highest BCUT2D eigenvalue weighted by atomic mass is 16.3. The molecule has 3 heterocycles. The molecule has 0 bridgehead atoms. The van der Waals surface area contributed by atoms with Crippen LogP contribution >= 0.6 is 0 Å². The lowest BCUT2D eigenvalue weighted by Crippen LogP contribution is -1.90. The summed E-state index contributed by atoms with van der Waals surface area (Å²) in [4.78, 5) is 4.33. The van der Waals surface area contributed by atoms with Crippen LogP contribution < -0.4 is 5.73 Å². The molecule has 3 N–H and O–H groups in total. The average molecular weight is 254 g/mol. The van der Waals surface area contributed by atoms with Gasteiger partial charge in [-0.05, 0) is 32.0 Å². The highest BCUT2D eigenvalue weighted by molar-refractivity contribution is 5.86. The fourth-order valence-corrected chi connectivity index (χ4v) is 2.20. The predicted octanol–water partition coefficient (Wildman–Crippen LogP) is 2.93. The first-order valence-corrected chi connectivity index (χ1v) is 5.99. The van der Waals surface area contributed by atoms with Crippen LogP contribution in [0.4, 0.5) is 5.82 Å². The predicted molar refractivity (Wildman–Crippen MR) is 73.4 cm³/mol. The zero-order valence-electron chi connectivity index (χ0n) is 10.8. The summed E-state index contributed by atoms with van der Waals surface area (Å²) in [6.45, 7) is 3.83.